The molecule has 0 fully saturated rings. The fourth-order valence-corrected chi connectivity index (χ4v) is 4.80. The summed E-state index contributed by atoms with van der Waals surface area (Å²) in [5.74, 6) is -0.907. The van der Waals surface area contributed by atoms with Gasteiger partial charge in [0.1, 0.15) is 12.1 Å². The molecule has 0 heterocycles. The van der Waals surface area contributed by atoms with Gasteiger partial charge in [0.05, 0.1) is 27.6 Å². The molecule has 1 atom stereocenters. The van der Waals surface area contributed by atoms with Crippen LogP contribution in [0.3, 0.4) is 0 Å². The molecule has 0 saturated heterocycles. The molecule has 0 bridgehead atoms. The Kier molecular flexibility index (Phi) is 20.0. The van der Waals surface area contributed by atoms with Crippen molar-refractivity contribution in [2.45, 2.75) is 141 Å². The Morgan fingerprint density at radius 1 is 0.697 bits per heavy atom. The van der Waals surface area contributed by atoms with Crippen LogP contribution in [0.25, 0.3) is 0 Å². The highest BCUT2D eigenvalue weighted by molar-refractivity contribution is 5.68. The minimum Gasteiger partial charge on any atom is -0.481 e. The van der Waals surface area contributed by atoms with Gasteiger partial charge in [-0.25, -0.2) is 0 Å². The van der Waals surface area contributed by atoms with Gasteiger partial charge in [-0.2, -0.15) is 0 Å². The minimum absolute atomic E-state index is 0.155. The van der Waals surface area contributed by atoms with Crippen LogP contribution in [0.1, 0.15) is 135 Å². The highest BCUT2D eigenvalue weighted by atomic mass is 16.4. The first kappa shape index (κ1) is 32.1. The number of rotatable bonds is 24. The number of likely N-dealkylation sites (N-methyl/N-ethyl adjacent to an activating group) is 1. The average Bonchev–Trinajstić information content (AvgIpc) is 2.70. The van der Waals surface area contributed by atoms with Crippen LogP contribution >= 0.6 is 0 Å². The van der Waals surface area contributed by atoms with E-state index in [0.717, 1.165) is 12.8 Å². The zero-order valence-electron chi connectivity index (χ0n) is 22.8. The lowest BCUT2D eigenvalue weighted by Gasteiger charge is -2.34. The van der Waals surface area contributed by atoms with E-state index in [-0.39, 0.29) is 6.42 Å². The predicted octanol–water partition coefficient (Wildman–Crippen LogP) is 7.89. The molecular formula is C29H58NO3+. The number of aliphatic carboxylic acids is 1. The summed E-state index contributed by atoms with van der Waals surface area (Å²) in [6, 6.07) is 0. The number of allylic oxidation sites excluding steroid dienone is 2. The van der Waals surface area contributed by atoms with Crippen LogP contribution in [0.15, 0.2) is 12.2 Å². The van der Waals surface area contributed by atoms with Crippen LogP contribution < -0.4 is 0 Å². The van der Waals surface area contributed by atoms with Gasteiger partial charge >= 0.3 is 5.97 Å². The zero-order valence-corrected chi connectivity index (χ0v) is 22.8. The molecule has 4 heteroatoms. The molecule has 0 amide bonds. The van der Waals surface area contributed by atoms with E-state index < -0.39 is 11.6 Å². The summed E-state index contributed by atoms with van der Waals surface area (Å²) in [4.78, 5) is 11.1. The topological polar surface area (TPSA) is 57.5 Å². The van der Waals surface area contributed by atoms with Crippen molar-refractivity contribution in [1.82, 2.24) is 0 Å². The van der Waals surface area contributed by atoms with Crippen LogP contribution in [0.5, 0.6) is 0 Å². The van der Waals surface area contributed by atoms with Gasteiger partial charge in [0, 0.05) is 0 Å². The van der Waals surface area contributed by atoms with Gasteiger partial charge in [-0.05, 0) is 32.1 Å². The molecule has 4 nitrogen and oxygen atoms in total. The van der Waals surface area contributed by atoms with Gasteiger partial charge in [0.15, 0.2) is 0 Å². The van der Waals surface area contributed by atoms with E-state index in [4.69, 9.17) is 5.11 Å². The van der Waals surface area contributed by atoms with E-state index in [1.807, 2.05) is 21.1 Å². The summed E-state index contributed by atoms with van der Waals surface area (Å²) in [7, 11) is 6.00. The van der Waals surface area contributed by atoms with Crippen molar-refractivity contribution >= 4 is 5.97 Å². The summed E-state index contributed by atoms with van der Waals surface area (Å²) in [5, 5.41) is 19.9. The third-order valence-electron chi connectivity index (χ3n) is 6.40. The maximum atomic E-state index is 11.1. The van der Waals surface area contributed by atoms with Crippen molar-refractivity contribution in [3.8, 4) is 0 Å². The van der Waals surface area contributed by atoms with E-state index in [2.05, 4.69) is 19.1 Å². The van der Waals surface area contributed by atoms with E-state index in [1.165, 1.54) is 103 Å². The predicted molar refractivity (Wildman–Crippen MR) is 143 cm³/mol. The van der Waals surface area contributed by atoms with Crippen LogP contribution in [0.2, 0.25) is 0 Å². The van der Waals surface area contributed by atoms with Crippen molar-refractivity contribution in [2.75, 3.05) is 27.7 Å². The minimum atomic E-state index is -1.09. The van der Waals surface area contributed by atoms with Gasteiger partial charge < -0.3 is 14.7 Å². The van der Waals surface area contributed by atoms with Crippen LogP contribution in [-0.2, 0) is 4.79 Å². The van der Waals surface area contributed by atoms with E-state index in [9.17, 15) is 9.90 Å². The van der Waals surface area contributed by atoms with Gasteiger partial charge in [-0.15, -0.1) is 0 Å². The Morgan fingerprint density at radius 3 is 1.48 bits per heavy atom. The molecule has 0 spiro atoms. The van der Waals surface area contributed by atoms with Crippen molar-refractivity contribution < 1.29 is 19.5 Å². The van der Waals surface area contributed by atoms with Crippen molar-refractivity contribution in [2.24, 2.45) is 0 Å². The van der Waals surface area contributed by atoms with Gasteiger partial charge in [0.25, 0.3) is 0 Å². The quantitative estimate of drug-likeness (QED) is 0.0860. The molecule has 0 aliphatic heterocycles. The summed E-state index contributed by atoms with van der Waals surface area (Å²) in [6.45, 7) is 2.75. The normalized spacial score (nSPS) is 14.1. The van der Waals surface area contributed by atoms with Crippen molar-refractivity contribution in [3.05, 3.63) is 12.2 Å². The standard InChI is InChI=1S/C29H57NO3/c1-5-6-7-8-9-10-11-12-13-14-15-16-17-18-19-20-21-22-23-24-25-29(33,26-28(31)32)27-30(2,3)4/h12-13,33H,5-11,14-27H2,1-4H3/p+1/b13-12-. The smallest absolute Gasteiger partial charge is 0.306 e. The number of aliphatic hydroxyl groups is 1. The summed E-state index contributed by atoms with van der Waals surface area (Å²) in [6.07, 6.45) is 28.5. The second kappa shape index (κ2) is 20.5. The molecule has 0 saturated carbocycles. The van der Waals surface area contributed by atoms with Gasteiger partial charge in [-0.1, -0.05) is 109 Å². The first-order valence-corrected chi connectivity index (χ1v) is 14.1. The van der Waals surface area contributed by atoms with E-state index in [0.29, 0.717) is 17.4 Å². The number of nitrogens with zero attached hydrogens (tertiary/aromatic N) is 1. The number of hydrogen-bond acceptors (Lipinski definition) is 2. The highest BCUT2D eigenvalue weighted by Crippen LogP contribution is 2.23. The molecule has 0 radical (unpaired) electrons. The van der Waals surface area contributed by atoms with Gasteiger partial charge in [0.2, 0.25) is 0 Å². The Bertz CT molecular complexity index is 484. The Hall–Kier alpha value is -0.870. The molecule has 0 rings (SSSR count). The van der Waals surface area contributed by atoms with Crippen molar-refractivity contribution in [3.63, 3.8) is 0 Å². The Morgan fingerprint density at radius 2 is 1.09 bits per heavy atom. The van der Waals surface area contributed by atoms with E-state index in [1.54, 1.807) is 0 Å². The molecule has 33 heavy (non-hydrogen) atoms. The number of quaternary nitrogens is 1. The second-order valence-corrected chi connectivity index (χ2v) is 11.3. The number of carboxylic acid groups (broad SMARTS) is 1. The second-order valence-electron chi connectivity index (χ2n) is 11.3. The number of unbranched alkanes of at least 4 members (excludes halogenated alkanes) is 16. The largest absolute Gasteiger partial charge is 0.481 e. The van der Waals surface area contributed by atoms with Crippen LogP contribution in [-0.4, -0.2) is 54.0 Å². The lowest BCUT2D eigenvalue weighted by Crippen LogP contribution is -2.50. The van der Waals surface area contributed by atoms with Gasteiger partial charge in [-0.3, -0.25) is 4.79 Å². The molecule has 196 valence electrons. The lowest BCUT2D eigenvalue weighted by molar-refractivity contribution is -0.877. The monoisotopic (exact) mass is 468 g/mol. The molecule has 0 aromatic heterocycles. The maximum Gasteiger partial charge on any atom is 0.306 e. The van der Waals surface area contributed by atoms with E-state index >= 15 is 0 Å². The lowest BCUT2D eigenvalue weighted by atomic mass is 9.91. The first-order valence-electron chi connectivity index (χ1n) is 14.1. The summed E-state index contributed by atoms with van der Waals surface area (Å²) in [5.41, 5.74) is -1.09. The van der Waals surface area contributed by atoms with Crippen molar-refractivity contribution in [1.29, 1.82) is 0 Å². The Balaban J connectivity index is 3.51. The Labute approximate surface area is 206 Å². The summed E-state index contributed by atoms with van der Waals surface area (Å²) < 4.78 is 0.583. The fourth-order valence-electron chi connectivity index (χ4n) is 4.80. The highest BCUT2D eigenvalue weighted by Gasteiger charge is 2.35. The summed E-state index contributed by atoms with van der Waals surface area (Å²) >= 11 is 0. The molecule has 1 unspecified atom stereocenters. The number of hydrogen-bond donors (Lipinski definition) is 2. The molecular weight excluding hydrogens is 410 g/mol. The SMILES string of the molecule is CCCCCCCC/C=C\CCCCCCCCCCCCC(O)(CC(=O)O)C[N+](C)(C)C. The molecule has 2 N–H and O–H groups in total. The molecule has 0 aromatic carbocycles. The van der Waals surface area contributed by atoms with Crippen LogP contribution in [0, 0.1) is 0 Å². The molecule has 0 aliphatic rings. The third kappa shape index (κ3) is 24.1. The number of carbonyl (C=O) groups is 1. The average molecular weight is 469 g/mol. The third-order valence-corrected chi connectivity index (χ3v) is 6.40. The first-order chi connectivity index (χ1) is 15.7. The number of carboxylic acids is 1. The zero-order chi connectivity index (χ0) is 24.8. The molecule has 0 aliphatic carbocycles. The maximum absolute atomic E-state index is 11.1. The van der Waals surface area contributed by atoms with Crippen LogP contribution in [0.4, 0.5) is 0 Å². The molecule has 0 aromatic rings. The fraction of sp³-hybridized carbons (Fsp3) is 0.897.